The Kier molecular flexibility index (Phi) is 9.94. The summed E-state index contributed by atoms with van der Waals surface area (Å²) in [5.74, 6) is -0.0798. The Labute approximate surface area is 116 Å². The monoisotopic (exact) mass is 272 g/mol. The maximum absolute atomic E-state index is 11.7. The van der Waals surface area contributed by atoms with E-state index in [9.17, 15) is 9.59 Å². The van der Waals surface area contributed by atoms with Crippen LogP contribution in [0.2, 0.25) is 0 Å². The molecule has 0 fully saturated rings. The minimum Gasteiger partial charge on any atom is -0.467 e. The van der Waals surface area contributed by atoms with Gasteiger partial charge in [0.25, 0.3) is 0 Å². The highest BCUT2D eigenvalue weighted by Crippen LogP contribution is 2.06. The van der Waals surface area contributed by atoms with E-state index in [0.29, 0.717) is 18.9 Å². The van der Waals surface area contributed by atoms with Gasteiger partial charge in [-0.3, -0.25) is 0 Å². The topological polar surface area (TPSA) is 67.4 Å². The third-order valence-electron chi connectivity index (χ3n) is 2.81. The van der Waals surface area contributed by atoms with Gasteiger partial charge in [-0.25, -0.2) is 9.59 Å². The molecule has 5 nitrogen and oxygen atoms in total. The van der Waals surface area contributed by atoms with Crippen molar-refractivity contribution in [3.8, 4) is 0 Å². The van der Waals surface area contributed by atoms with Crippen molar-refractivity contribution in [1.82, 2.24) is 10.6 Å². The number of hydrogen-bond donors (Lipinski definition) is 2. The average molecular weight is 272 g/mol. The Morgan fingerprint density at radius 2 is 1.84 bits per heavy atom. The lowest BCUT2D eigenvalue weighted by Gasteiger charge is -2.18. The van der Waals surface area contributed by atoms with Crippen LogP contribution in [0.25, 0.3) is 0 Å². The molecular formula is C14H28N2O3. The molecule has 0 spiro atoms. The van der Waals surface area contributed by atoms with Crippen LogP contribution in [0.4, 0.5) is 4.79 Å². The molecular weight excluding hydrogens is 244 g/mol. The molecule has 19 heavy (non-hydrogen) atoms. The second kappa shape index (κ2) is 10.6. The van der Waals surface area contributed by atoms with E-state index < -0.39 is 12.0 Å². The zero-order chi connectivity index (χ0) is 14.7. The molecule has 0 aromatic carbocycles. The summed E-state index contributed by atoms with van der Waals surface area (Å²) in [4.78, 5) is 23.2. The van der Waals surface area contributed by atoms with Gasteiger partial charge in [-0.1, -0.05) is 40.0 Å². The number of amides is 2. The zero-order valence-corrected chi connectivity index (χ0v) is 12.6. The molecule has 0 aliphatic carbocycles. The number of esters is 1. The van der Waals surface area contributed by atoms with Gasteiger partial charge < -0.3 is 15.4 Å². The van der Waals surface area contributed by atoms with Crippen molar-refractivity contribution in [2.45, 2.75) is 58.9 Å². The number of rotatable bonds is 9. The number of ether oxygens (including phenoxy) is 1. The fourth-order valence-electron chi connectivity index (χ4n) is 1.79. The van der Waals surface area contributed by atoms with E-state index in [-0.39, 0.29) is 6.03 Å². The summed E-state index contributed by atoms with van der Waals surface area (Å²) in [7, 11) is 1.33. The van der Waals surface area contributed by atoms with Crippen LogP contribution >= 0.6 is 0 Å². The van der Waals surface area contributed by atoms with Crippen molar-refractivity contribution in [3.63, 3.8) is 0 Å². The molecule has 2 amide bonds. The van der Waals surface area contributed by atoms with Crippen molar-refractivity contribution >= 4 is 12.0 Å². The highest BCUT2D eigenvalue weighted by molar-refractivity contribution is 5.83. The molecule has 0 heterocycles. The van der Waals surface area contributed by atoms with Crippen LogP contribution in [-0.4, -0.2) is 31.7 Å². The highest BCUT2D eigenvalue weighted by atomic mass is 16.5. The third-order valence-corrected chi connectivity index (χ3v) is 2.81. The highest BCUT2D eigenvalue weighted by Gasteiger charge is 2.22. The molecule has 1 atom stereocenters. The van der Waals surface area contributed by atoms with Crippen molar-refractivity contribution in [1.29, 1.82) is 0 Å². The Hall–Kier alpha value is -1.26. The normalized spacial score (nSPS) is 12.1. The lowest BCUT2D eigenvalue weighted by Crippen LogP contribution is -2.47. The summed E-state index contributed by atoms with van der Waals surface area (Å²) >= 11 is 0. The second-order valence-electron chi connectivity index (χ2n) is 5.17. The van der Waals surface area contributed by atoms with Crippen LogP contribution in [0.1, 0.15) is 52.9 Å². The summed E-state index contributed by atoms with van der Waals surface area (Å²) in [5.41, 5.74) is 0. The Balaban J connectivity index is 3.99. The average Bonchev–Trinajstić information content (AvgIpc) is 2.36. The van der Waals surface area contributed by atoms with Gasteiger partial charge in [-0.05, 0) is 18.8 Å². The molecule has 0 saturated carbocycles. The number of carbonyl (C=O) groups excluding carboxylic acids is 2. The van der Waals surface area contributed by atoms with Crippen molar-refractivity contribution in [2.75, 3.05) is 13.7 Å². The first-order chi connectivity index (χ1) is 9.01. The Morgan fingerprint density at radius 1 is 1.16 bits per heavy atom. The first-order valence-electron chi connectivity index (χ1n) is 7.13. The molecule has 0 radical (unpaired) electrons. The van der Waals surface area contributed by atoms with Gasteiger partial charge in [0.05, 0.1) is 7.11 Å². The number of carbonyl (C=O) groups is 2. The maximum atomic E-state index is 11.7. The fourth-order valence-corrected chi connectivity index (χ4v) is 1.79. The minimum atomic E-state index is -0.569. The number of hydrogen-bond acceptors (Lipinski definition) is 3. The predicted octanol–water partition coefficient (Wildman–Crippen LogP) is 2.45. The van der Waals surface area contributed by atoms with Gasteiger partial charge in [0, 0.05) is 6.54 Å². The van der Waals surface area contributed by atoms with Crippen molar-refractivity contribution in [2.24, 2.45) is 5.92 Å². The quantitative estimate of drug-likeness (QED) is 0.500. The largest absolute Gasteiger partial charge is 0.467 e. The van der Waals surface area contributed by atoms with E-state index in [1.807, 2.05) is 13.8 Å². The first kappa shape index (κ1) is 17.7. The van der Waals surface area contributed by atoms with Gasteiger partial charge in [0.15, 0.2) is 0 Å². The van der Waals surface area contributed by atoms with Crippen molar-refractivity contribution in [3.05, 3.63) is 0 Å². The summed E-state index contributed by atoms with van der Waals surface area (Å²) in [6, 6.07) is -0.867. The van der Waals surface area contributed by atoms with Crippen LogP contribution in [0, 0.1) is 5.92 Å². The molecule has 0 saturated heterocycles. The van der Waals surface area contributed by atoms with Gasteiger partial charge in [-0.15, -0.1) is 0 Å². The van der Waals surface area contributed by atoms with Gasteiger partial charge in [0.2, 0.25) is 0 Å². The van der Waals surface area contributed by atoms with Gasteiger partial charge in [0.1, 0.15) is 6.04 Å². The molecule has 2 N–H and O–H groups in total. The summed E-state index contributed by atoms with van der Waals surface area (Å²) < 4.78 is 4.69. The lowest BCUT2D eigenvalue weighted by atomic mass is 10.0. The van der Waals surface area contributed by atoms with Crippen LogP contribution in [-0.2, 0) is 9.53 Å². The fraction of sp³-hybridized carbons (Fsp3) is 0.857. The van der Waals surface area contributed by atoms with E-state index in [2.05, 4.69) is 17.6 Å². The Bertz CT molecular complexity index is 267. The van der Waals surface area contributed by atoms with E-state index in [4.69, 9.17) is 4.74 Å². The molecule has 0 rings (SSSR count). The smallest absolute Gasteiger partial charge is 0.328 e. The van der Waals surface area contributed by atoms with Crippen LogP contribution < -0.4 is 10.6 Å². The summed E-state index contributed by atoms with van der Waals surface area (Å²) in [6.07, 6.45) is 5.01. The van der Waals surface area contributed by atoms with E-state index in [0.717, 1.165) is 12.8 Å². The number of nitrogens with one attached hydrogen (secondary N) is 2. The second-order valence-corrected chi connectivity index (χ2v) is 5.17. The van der Waals surface area contributed by atoms with Crippen LogP contribution in [0.3, 0.4) is 0 Å². The molecule has 0 aliphatic rings. The van der Waals surface area contributed by atoms with Gasteiger partial charge >= 0.3 is 12.0 Å². The SMILES string of the molecule is CCCCCCNC(=O)NC(CC(C)C)C(=O)OC. The molecule has 0 bridgehead atoms. The molecule has 0 aromatic heterocycles. The Morgan fingerprint density at radius 3 is 2.37 bits per heavy atom. The van der Waals surface area contributed by atoms with E-state index in [1.165, 1.54) is 20.0 Å². The lowest BCUT2D eigenvalue weighted by molar-refractivity contribution is -0.143. The van der Waals surface area contributed by atoms with Crippen LogP contribution in [0.5, 0.6) is 0 Å². The third kappa shape index (κ3) is 9.33. The predicted molar refractivity (Wildman–Crippen MR) is 75.9 cm³/mol. The number of methoxy groups -OCH3 is 1. The zero-order valence-electron chi connectivity index (χ0n) is 12.6. The van der Waals surface area contributed by atoms with E-state index >= 15 is 0 Å². The molecule has 0 aromatic rings. The van der Waals surface area contributed by atoms with Crippen molar-refractivity contribution < 1.29 is 14.3 Å². The number of unbranched alkanes of at least 4 members (excludes halogenated alkanes) is 3. The molecule has 112 valence electrons. The molecule has 1 unspecified atom stereocenters. The summed E-state index contributed by atoms with van der Waals surface area (Å²) in [6.45, 7) is 6.79. The van der Waals surface area contributed by atoms with E-state index in [1.54, 1.807) is 0 Å². The van der Waals surface area contributed by atoms with Crippen LogP contribution in [0.15, 0.2) is 0 Å². The number of urea groups is 1. The summed E-state index contributed by atoms with van der Waals surface area (Å²) in [5, 5.41) is 5.43. The molecule has 5 heteroatoms. The molecule has 0 aliphatic heterocycles. The first-order valence-corrected chi connectivity index (χ1v) is 7.13. The maximum Gasteiger partial charge on any atom is 0.328 e. The van der Waals surface area contributed by atoms with Gasteiger partial charge in [-0.2, -0.15) is 0 Å². The minimum absolute atomic E-state index is 0.299. The standard InChI is InChI=1S/C14H28N2O3/c1-5-6-7-8-9-15-14(18)16-12(10-11(2)3)13(17)19-4/h11-12H,5-10H2,1-4H3,(H2,15,16,18).